The molecule has 0 fully saturated rings. The number of hydrogen-bond donors (Lipinski definition) is 1. The van der Waals surface area contributed by atoms with E-state index in [0.717, 1.165) is 16.6 Å². The zero-order valence-electron chi connectivity index (χ0n) is 11.0. The molecule has 2 aromatic heterocycles. The second kappa shape index (κ2) is 5.87. The molecular weight excluding hydrogens is 266 g/mol. The third kappa shape index (κ3) is 3.06. The van der Waals surface area contributed by atoms with Gasteiger partial charge in [0.1, 0.15) is 0 Å². The Hall–Kier alpha value is -3.15. The molecule has 1 amide bonds. The van der Waals surface area contributed by atoms with Crippen molar-refractivity contribution in [3.63, 3.8) is 0 Å². The Labute approximate surface area is 120 Å². The standard InChI is InChI=1S/C15H11N5O/c21-15(12-2-1-5-16-10-12)20-19-9-11-3-4-13-14(8-11)18-7-6-17-13/h1-10H,(H,20,21)/b19-9+. The van der Waals surface area contributed by atoms with Gasteiger partial charge in [-0.25, -0.2) is 5.43 Å². The van der Waals surface area contributed by atoms with Crippen molar-refractivity contribution in [3.05, 3.63) is 66.2 Å². The zero-order valence-corrected chi connectivity index (χ0v) is 11.0. The minimum atomic E-state index is -0.306. The number of rotatable bonds is 3. The monoisotopic (exact) mass is 277 g/mol. The number of amides is 1. The number of carbonyl (C=O) groups is 1. The third-order valence-corrected chi connectivity index (χ3v) is 2.80. The molecule has 0 radical (unpaired) electrons. The third-order valence-electron chi connectivity index (χ3n) is 2.80. The molecule has 0 aliphatic heterocycles. The minimum absolute atomic E-state index is 0.306. The zero-order chi connectivity index (χ0) is 14.5. The Kier molecular flexibility index (Phi) is 3.60. The van der Waals surface area contributed by atoms with Crippen LogP contribution in [-0.2, 0) is 0 Å². The number of hydrogen-bond acceptors (Lipinski definition) is 5. The molecule has 21 heavy (non-hydrogen) atoms. The lowest BCUT2D eigenvalue weighted by atomic mass is 10.2. The molecular formula is C15H11N5O. The SMILES string of the molecule is O=C(N/N=C/c1ccc2nccnc2c1)c1cccnc1. The normalized spacial score (nSPS) is 10.9. The highest BCUT2D eigenvalue weighted by Crippen LogP contribution is 2.09. The van der Waals surface area contributed by atoms with E-state index in [1.54, 1.807) is 36.9 Å². The molecule has 6 heteroatoms. The number of fused-ring (bicyclic) bond motifs is 1. The van der Waals surface area contributed by atoms with Crippen LogP contribution in [0, 0.1) is 0 Å². The molecule has 0 saturated heterocycles. The van der Waals surface area contributed by atoms with Crippen molar-refractivity contribution in [2.75, 3.05) is 0 Å². The van der Waals surface area contributed by atoms with Crippen molar-refractivity contribution in [2.24, 2.45) is 5.10 Å². The minimum Gasteiger partial charge on any atom is -0.267 e. The fourth-order valence-electron chi connectivity index (χ4n) is 1.79. The molecule has 2 heterocycles. The molecule has 1 aromatic carbocycles. The summed E-state index contributed by atoms with van der Waals surface area (Å²) in [5.41, 5.74) is 5.33. The van der Waals surface area contributed by atoms with Crippen LogP contribution in [-0.4, -0.2) is 27.1 Å². The van der Waals surface area contributed by atoms with Gasteiger partial charge in [0.2, 0.25) is 0 Å². The van der Waals surface area contributed by atoms with Gasteiger partial charge in [-0.3, -0.25) is 19.7 Å². The summed E-state index contributed by atoms with van der Waals surface area (Å²) in [6.45, 7) is 0. The molecule has 102 valence electrons. The lowest BCUT2D eigenvalue weighted by molar-refractivity contribution is 0.0955. The molecule has 0 aliphatic rings. The van der Waals surface area contributed by atoms with Gasteiger partial charge in [0.25, 0.3) is 5.91 Å². The van der Waals surface area contributed by atoms with Crippen LogP contribution in [0.15, 0.2) is 60.2 Å². The maximum absolute atomic E-state index is 11.8. The fourth-order valence-corrected chi connectivity index (χ4v) is 1.79. The lowest BCUT2D eigenvalue weighted by Crippen LogP contribution is -2.17. The molecule has 0 spiro atoms. The van der Waals surface area contributed by atoms with Crippen molar-refractivity contribution >= 4 is 23.2 Å². The first-order chi connectivity index (χ1) is 10.3. The second-order valence-corrected chi connectivity index (χ2v) is 4.25. The number of nitrogens with zero attached hydrogens (tertiary/aromatic N) is 4. The van der Waals surface area contributed by atoms with Crippen molar-refractivity contribution in [1.29, 1.82) is 0 Å². The topological polar surface area (TPSA) is 80.1 Å². The molecule has 0 aliphatic carbocycles. The number of aromatic nitrogens is 3. The quantitative estimate of drug-likeness (QED) is 0.584. The molecule has 6 nitrogen and oxygen atoms in total. The summed E-state index contributed by atoms with van der Waals surface area (Å²) in [5, 5.41) is 3.92. The number of nitrogens with one attached hydrogen (secondary N) is 1. The Morgan fingerprint density at radius 1 is 1.10 bits per heavy atom. The van der Waals surface area contributed by atoms with E-state index in [-0.39, 0.29) is 5.91 Å². The highest BCUT2D eigenvalue weighted by molar-refractivity contribution is 5.94. The van der Waals surface area contributed by atoms with E-state index < -0.39 is 0 Å². The fraction of sp³-hybridized carbons (Fsp3) is 0. The van der Waals surface area contributed by atoms with Gasteiger partial charge in [-0.15, -0.1) is 0 Å². The van der Waals surface area contributed by atoms with Crippen molar-refractivity contribution in [3.8, 4) is 0 Å². The van der Waals surface area contributed by atoms with Gasteiger partial charge in [-0.1, -0.05) is 6.07 Å². The van der Waals surface area contributed by atoms with E-state index in [9.17, 15) is 4.79 Å². The Morgan fingerprint density at radius 3 is 2.76 bits per heavy atom. The van der Waals surface area contributed by atoms with Gasteiger partial charge in [0.15, 0.2) is 0 Å². The summed E-state index contributed by atoms with van der Waals surface area (Å²) in [5.74, 6) is -0.306. The first-order valence-corrected chi connectivity index (χ1v) is 6.27. The summed E-state index contributed by atoms with van der Waals surface area (Å²) in [6.07, 6.45) is 7.92. The Morgan fingerprint density at radius 2 is 1.95 bits per heavy atom. The summed E-state index contributed by atoms with van der Waals surface area (Å²) < 4.78 is 0. The van der Waals surface area contributed by atoms with Crippen LogP contribution >= 0.6 is 0 Å². The molecule has 0 bridgehead atoms. The first kappa shape index (κ1) is 12.9. The van der Waals surface area contributed by atoms with Crippen LogP contribution in [0.2, 0.25) is 0 Å². The molecule has 3 rings (SSSR count). The summed E-state index contributed by atoms with van der Waals surface area (Å²) in [7, 11) is 0. The molecule has 0 saturated carbocycles. The maximum atomic E-state index is 11.8. The highest BCUT2D eigenvalue weighted by atomic mass is 16.2. The van der Waals surface area contributed by atoms with Gasteiger partial charge >= 0.3 is 0 Å². The van der Waals surface area contributed by atoms with E-state index in [2.05, 4.69) is 25.5 Å². The van der Waals surface area contributed by atoms with Gasteiger partial charge < -0.3 is 0 Å². The van der Waals surface area contributed by atoms with Gasteiger partial charge in [-0.2, -0.15) is 5.10 Å². The summed E-state index contributed by atoms with van der Waals surface area (Å²) in [6, 6.07) is 8.93. The number of carbonyl (C=O) groups excluding carboxylic acids is 1. The maximum Gasteiger partial charge on any atom is 0.272 e. The highest BCUT2D eigenvalue weighted by Gasteiger charge is 2.02. The predicted octanol–water partition coefficient (Wildman–Crippen LogP) is 1.79. The molecule has 1 N–H and O–H groups in total. The van der Waals surface area contributed by atoms with Crippen LogP contribution in [0.4, 0.5) is 0 Å². The van der Waals surface area contributed by atoms with Crippen LogP contribution in [0.5, 0.6) is 0 Å². The summed E-state index contributed by atoms with van der Waals surface area (Å²) in [4.78, 5) is 24.0. The smallest absolute Gasteiger partial charge is 0.267 e. The van der Waals surface area contributed by atoms with Crippen LogP contribution in [0.1, 0.15) is 15.9 Å². The van der Waals surface area contributed by atoms with Gasteiger partial charge in [0, 0.05) is 24.8 Å². The second-order valence-electron chi connectivity index (χ2n) is 4.25. The van der Waals surface area contributed by atoms with Crippen LogP contribution in [0.3, 0.4) is 0 Å². The van der Waals surface area contributed by atoms with Crippen LogP contribution < -0.4 is 5.43 Å². The molecule has 0 unspecified atom stereocenters. The largest absolute Gasteiger partial charge is 0.272 e. The molecule has 3 aromatic rings. The first-order valence-electron chi connectivity index (χ1n) is 6.27. The summed E-state index contributed by atoms with van der Waals surface area (Å²) >= 11 is 0. The lowest BCUT2D eigenvalue weighted by Gasteiger charge is -1.99. The number of pyridine rings is 1. The average Bonchev–Trinajstić information content (AvgIpc) is 2.55. The van der Waals surface area contributed by atoms with Crippen molar-refractivity contribution in [1.82, 2.24) is 20.4 Å². The van der Waals surface area contributed by atoms with E-state index in [1.807, 2.05) is 18.2 Å². The predicted molar refractivity (Wildman–Crippen MR) is 78.8 cm³/mol. The average molecular weight is 277 g/mol. The van der Waals surface area contributed by atoms with E-state index in [4.69, 9.17) is 0 Å². The molecule has 0 atom stereocenters. The van der Waals surface area contributed by atoms with Crippen molar-refractivity contribution in [2.45, 2.75) is 0 Å². The Balaban J connectivity index is 1.71. The van der Waals surface area contributed by atoms with E-state index in [0.29, 0.717) is 5.56 Å². The van der Waals surface area contributed by atoms with E-state index in [1.165, 1.54) is 6.20 Å². The van der Waals surface area contributed by atoms with Crippen LogP contribution in [0.25, 0.3) is 11.0 Å². The van der Waals surface area contributed by atoms with Gasteiger partial charge in [-0.05, 0) is 29.8 Å². The van der Waals surface area contributed by atoms with E-state index >= 15 is 0 Å². The Bertz CT molecular complexity index is 801. The van der Waals surface area contributed by atoms with Gasteiger partial charge in [0.05, 0.1) is 22.8 Å². The number of hydrazone groups is 1. The van der Waals surface area contributed by atoms with Crippen molar-refractivity contribution < 1.29 is 4.79 Å². The number of benzene rings is 1.